The largest absolute Gasteiger partial charge is 0.445 e. The molecular weight excluding hydrogens is 372 g/mol. The normalized spacial score (nSPS) is 17.9. The fourth-order valence-corrected chi connectivity index (χ4v) is 3.42. The van der Waals surface area contributed by atoms with Crippen molar-refractivity contribution < 1.29 is 19.1 Å². The predicted octanol–water partition coefficient (Wildman–Crippen LogP) is 2.46. The molecule has 2 amide bonds. The van der Waals surface area contributed by atoms with E-state index in [9.17, 15) is 14.7 Å². The molecule has 2 N–H and O–H groups in total. The number of hydrogen-bond acceptors (Lipinski definition) is 6. The summed E-state index contributed by atoms with van der Waals surface area (Å²) in [5.41, 5.74) is 0.506. The molecule has 0 radical (unpaired) electrons. The van der Waals surface area contributed by atoms with Crippen molar-refractivity contribution >= 4 is 11.8 Å². The molecule has 0 aromatic carbocycles. The number of carbonyl (C=O) groups is 2. The van der Waals surface area contributed by atoms with Crippen LogP contribution in [0.25, 0.3) is 0 Å². The van der Waals surface area contributed by atoms with Gasteiger partial charge in [0, 0.05) is 25.5 Å². The predicted molar refractivity (Wildman–Crippen MR) is 106 cm³/mol. The second-order valence-corrected chi connectivity index (χ2v) is 8.04. The Hall–Kier alpha value is -2.74. The first-order valence-electron chi connectivity index (χ1n) is 9.94. The molecule has 1 saturated heterocycles. The van der Waals surface area contributed by atoms with Gasteiger partial charge in [-0.1, -0.05) is 26.8 Å². The fourth-order valence-electron chi connectivity index (χ4n) is 3.42. The van der Waals surface area contributed by atoms with Gasteiger partial charge in [0.15, 0.2) is 17.8 Å². The summed E-state index contributed by atoms with van der Waals surface area (Å²) in [5, 5.41) is 13.4. The van der Waals surface area contributed by atoms with E-state index in [0.717, 1.165) is 12.0 Å². The van der Waals surface area contributed by atoms with Crippen LogP contribution in [0.3, 0.4) is 0 Å². The first-order chi connectivity index (χ1) is 13.8. The molecule has 0 aliphatic carbocycles. The maximum atomic E-state index is 13.0. The highest BCUT2D eigenvalue weighted by Gasteiger charge is 2.41. The number of aliphatic hydroxyl groups is 1. The summed E-state index contributed by atoms with van der Waals surface area (Å²) >= 11 is 0. The lowest BCUT2D eigenvalue weighted by Gasteiger charge is -2.33. The molecule has 0 saturated carbocycles. The minimum Gasteiger partial charge on any atom is -0.445 e. The number of aromatic nitrogens is 2. The Morgan fingerprint density at radius 3 is 2.93 bits per heavy atom. The Labute approximate surface area is 170 Å². The van der Waals surface area contributed by atoms with Gasteiger partial charge in [0.05, 0.1) is 6.04 Å². The van der Waals surface area contributed by atoms with E-state index in [1.807, 2.05) is 26.8 Å². The van der Waals surface area contributed by atoms with Crippen molar-refractivity contribution in [1.29, 1.82) is 0 Å². The summed E-state index contributed by atoms with van der Waals surface area (Å²) in [6, 6.07) is 3.26. The molecule has 29 heavy (non-hydrogen) atoms. The van der Waals surface area contributed by atoms with Crippen LogP contribution in [-0.4, -0.2) is 44.4 Å². The number of nitrogens with zero attached hydrogens (tertiary/aromatic N) is 3. The van der Waals surface area contributed by atoms with Crippen LogP contribution >= 0.6 is 0 Å². The van der Waals surface area contributed by atoms with Gasteiger partial charge in [-0.25, -0.2) is 4.98 Å². The molecule has 1 fully saturated rings. The number of aliphatic hydroxyl groups excluding tert-OH is 1. The minimum absolute atomic E-state index is 0.169. The lowest BCUT2D eigenvalue weighted by Crippen LogP contribution is -2.45. The molecule has 1 unspecified atom stereocenters. The van der Waals surface area contributed by atoms with Crippen LogP contribution in [0.5, 0.6) is 0 Å². The number of pyridine rings is 1. The summed E-state index contributed by atoms with van der Waals surface area (Å²) in [5.74, 6) is -0.343. The Morgan fingerprint density at radius 2 is 2.24 bits per heavy atom. The summed E-state index contributed by atoms with van der Waals surface area (Å²) in [4.78, 5) is 35.3. The highest BCUT2D eigenvalue weighted by Crippen LogP contribution is 2.36. The van der Waals surface area contributed by atoms with Crippen molar-refractivity contribution in [1.82, 2.24) is 20.2 Å². The number of hydrogen-bond donors (Lipinski definition) is 2. The maximum Gasteiger partial charge on any atom is 0.273 e. The summed E-state index contributed by atoms with van der Waals surface area (Å²) < 4.78 is 5.53. The molecule has 1 aliphatic rings. The van der Waals surface area contributed by atoms with Crippen molar-refractivity contribution in [3.05, 3.63) is 47.9 Å². The molecule has 2 aromatic rings. The molecule has 3 rings (SSSR count). The summed E-state index contributed by atoms with van der Waals surface area (Å²) in [6.45, 7) is 6.51. The molecule has 1 aliphatic heterocycles. The Balaban J connectivity index is 1.74. The van der Waals surface area contributed by atoms with E-state index in [4.69, 9.17) is 4.42 Å². The zero-order chi connectivity index (χ0) is 21.0. The van der Waals surface area contributed by atoms with E-state index < -0.39 is 17.6 Å². The number of likely N-dealkylation sites (tertiary alicyclic amines) is 1. The van der Waals surface area contributed by atoms with Crippen molar-refractivity contribution in [3.63, 3.8) is 0 Å². The van der Waals surface area contributed by atoms with Crippen LogP contribution in [0, 0.1) is 5.41 Å². The Bertz CT molecular complexity index is 849. The lowest BCUT2D eigenvalue weighted by molar-refractivity contribution is -0.148. The third-order valence-corrected chi connectivity index (χ3v) is 5.71. The van der Waals surface area contributed by atoms with Gasteiger partial charge in [0.2, 0.25) is 0 Å². The topological polar surface area (TPSA) is 109 Å². The van der Waals surface area contributed by atoms with Crippen LogP contribution in [0.1, 0.15) is 67.9 Å². The van der Waals surface area contributed by atoms with Gasteiger partial charge in [0.25, 0.3) is 11.8 Å². The molecule has 156 valence electrons. The highest BCUT2D eigenvalue weighted by atomic mass is 16.3. The van der Waals surface area contributed by atoms with Gasteiger partial charge in [-0.15, -0.1) is 0 Å². The number of nitrogens with one attached hydrogen (secondary N) is 1. The number of oxazole rings is 1. The molecule has 2 atom stereocenters. The first-order valence-corrected chi connectivity index (χ1v) is 9.94. The number of amides is 2. The number of rotatable bonds is 7. The van der Waals surface area contributed by atoms with Gasteiger partial charge in [-0.05, 0) is 36.3 Å². The average Bonchev–Trinajstić information content (AvgIpc) is 3.40. The lowest BCUT2D eigenvalue weighted by atomic mass is 9.83. The highest BCUT2D eigenvalue weighted by molar-refractivity contribution is 5.93. The van der Waals surface area contributed by atoms with E-state index in [1.54, 1.807) is 23.4 Å². The van der Waals surface area contributed by atoms with E-state index >= 15 is 0 Å². The minimum atomic E-state index is -1.11. The number of carbonyl (C=O) groups excluding carboxylic acids is 2. The van der Waals surface area contributed by atoms with Gasteiger partial charge in [0.1, 0.15) is 6.10 Å². The molecular formula is C21H28N4O4. The average molecular weight is 400 g/mol. The van der Waals surface area contributed by atoms with Gasteiger partial charge in [-0.3, -0.25) is 14.6 Å². The Morgan fingerprint density at radius 1 is 1.45 bits per heavy atom. The van der Waals surface area contributed by atoms with Crippen LogP contribution in [0.15, 0.2) is 35.3 Å². The zero-order valence-electron chi connectivity index (χ0n) is 17.1. The standard InChI is InChI=1S/C21H28N4O4/c1-4-21(2,3)18(26)20(28)25-10-6-8-15(25)17-16(24-13-29-17)19(27)23-12-14-7-5-9-22-11-14/h5,7,9,11,13,15,18,26H,4,6,8,10,12H2,1-3H3,(H,23,27)/t15-,18?/m0/s1. The molecule has 0 spiro atoms. The van der Waals surface area contributed by atoms with Crippen LogP contribution in [-0.2, 0) is 11.3 Å². The van der Waals surface area contributed by atoms with Crippen molar-refractivity contribution in [3.8, 4) is 0 Å². The third kappa shape index (κ3) is 4.48. The van der Waals surface area contributed by atoms with E-state index in [-0.39, 0.29) is 17.5 Å². The zero-order valence-corrected chi connectivity index (χ0v) is 17.1. The summed E-state index contributed by atoms with van der Waals surface area (Å²) in [6.07, 6.45) is 5.55. The smallest absolute Gasteiger partial charge is 0.273 e. The van der Waals surface area contributed by atoms with Crippen LogP contribution < -0.4 is 5.32 Å². The quantitative estimate of drug-likeness (QED) is 0.739. The molecule has 8 heteroatoms. The maximum absolute atomic E-state index is 13.0. The molecule has 3 heterocycles. The van der Waals surface area contributed by atoms with Crippen LogP contribution in [0.4, 0.5) is 0 Å². The van der Waals surface area contributed by atoms with E-state index in [2.05, 4.69) is 15.3 Å². The van der Waals surface area contributed by atoms with Crippen molar-refractivity contribution in [2.24, 2.45) is 5.41 Å². The first kappa shape index (κ1) is 21.0. The van der Waals surface area contributed by atoms with Gasteiger partial charge < -0.3 is 19.7 Å². The van der Waals surface area contributed by atoms with Gasteiger partial charge >= 0.3 is 0 Å². The van der Waals surface area contributed by atoms with Crippen molar-refractivity contribution in [2.75, 3.05) is 6.54 Å². The Kier molecular flexibility index (Phi) is 6.32. The van der Waals surface area contributed by atoms with E-state index in [0.29, 0.717) is 31.7 Å². The third-order valence-electron chi connectivity index (χ3n) is 5.71. The molecule has 8 nitrogen and oxygen atoms in total. The SMILES string of the molecule is CCC(C)(C)C(O)C(=O)N1CCC[C@H]1c1ocnc1C(=O)NCc1cccnc1. The summed E-state index contributed by atoms with van der Waals surface area (Å²) in [7, 11) is 0. The van der Waals surface area contributed by atoms with Gasteiger partial charge in [-0.2, -0.15) is 0 Å². The second kappa shape index (κ2) is 8.73. The molecule has 0 bridgehead atoms. The molecule has 2 aromatic heterocycles. The fraction of sp³-hybridized carbons (Fsp3) is 0.524. The van der Waals surface area contributed by atoms with Crippen molar-refractivity contribution in [2.45, 2.75) is 58.7 Å². The monoisotopic (exact) mass is 400 g/mol. The van der Waals surface area contributed by atoms with E-state index in [1.165, 1.54) is 6.39 Å². The van der Waals surface area contributed by atoms with Crippen LogP contribution in [0.2, 0.25) is 0 Å². The second-order valence-electron chi connectivity index (χ2n) is 8.04.